The number of aliphatic carboxylic acids is 1. The van der Waals surface area contributed by atoms with Crippen LogP contribution in [-0.2, 0) is 10.5 Å². The number of carbonyl (C=O) groups is 1. The zero-order valence-corrected chi connectivity index (χ0v) is 11.4. The van der Waals surface area contributed by atoms with Gasteiger partial charge < -0.3 is 5.11 Å². The fourth-order valence-electron chi connectivity index (χ4n) is 1.19. The Balaban J connectivity index is 2.22. The van der Waals surface area contributed by atoms with Gasteiger partial charge in [-0.1, -0.05) is 11.3 Å². The van der Waals surface area contributed by atoms with Gasteiger partial charge in [-0.3, -0.25) is 9.59 Å². The molecular formula is C10H11N3O3S2. The molecule has 0 aliphatic rings. The van der Waals surface area contributed by atoms with E-state index in [9.17, 15) is 9.59 Å². The average molecular weight is 285 g/mol. The van der Waals surface area contributed by atoms with Gasteiger partial charge in [0.1, 0.15) is 10.3 Å². The maximum absolute atomic E-state index is 11.7. The van der Waals surface area contributed by atoms with E-state index in [1.807, 2.05) is 0 Å². The number of rotatable bonds is 4. The molecule has 0 aliphatic carbocycles. The second-order valence-corrected chi connectivity index (χ2v) is 6.53. The first-order valence-corrected chi connectivity index (χ1v) is 6.96. The molecule has 0 aromatic carbocycles. The van der Waals surface area contributed by atoms with Gasteiger partial charge in [0.05, 0.1) is 5.69 Å². The summed E-state index contributed by atoms with van der Waals surface area (Å²) in [5.74, 6) is -0.508. The Labute approximate surface area is 111 Å². The van der Waals surface area contributed by atoms with Crippen molar-refractivity contribution in [2.75, 3.05) is 0 Å². The number of hydrogen-bond donors (Lipinski definition) is 1. The fourth-order valence-corrected chi connectivity index (χ4v) is 2.61. The van der Waals surface area contributed by atoms with Crippen LogP contribution in [0.15, 0.2) is 16.4 Å². The molecule has 2 aromatic rings. The predicted molar refractivity (Wildman–Crippen MR) is 70.1 cm³/mol. The number of thioether (sulfide) groups is 1. The summed E-state index contributed by atoms with van der Waals surface area (Å²) in [5.41, 5.74) is 1.87. The van der Waals surface area contributed by atoms with E-state index >= 15 is 0 Å². The molecule has 0 spiro atoms. The van der Waals surface area contributed by atoms with E-state index in [1.54, 1.807) is 19.4 Å². The first-order chi connectivity index (χ1) is 8.40. The van der Waals surface area contributed by atoms with Crippen LogP contribution in [0, 0.1) is 0 Å². The monoisotopic (exact) mass is 285 g/mol. The Bertz CT molecular complexity index is 647. The van der Waals surface area contributed by atoms with Crippen LogP contribution in [-0.4, -0.2) is 30.4 Å². The number of hydrogen-bond acceptors (Lipinski definition) is 6. The number of fused-ring (bicyclic) bond motifs is 1. The Morgan fingerprint density at radius 1 is 1.61 bits per heavy atom. The Hall–Kier alpha value is -1.41. The van der Waals surface area contributed by atoms with E-state index in [0.717, 1.165) is 0 Å². The van der Waals surface area contributed by atoms with Gasteiger partial charge >= 0.3 is 5.97 Å². The first-order valence-electron chi connectivity index (χ1n) is 5.10. The van der Waals surface area contributed by atoms with Crippen molar-refractivity contribution in [3.63, 3.8) is 0 Å². The topological polar surface area (TPSA) is 84.6 Å². The van der Waals surface area contributed by atoms with Gasteiger partial charge in [-0.2, -0.15) is 9.61 Å². The van der Waals surface area contributed by atoms with Crippen LogP contribution in [0.1, 0.15) is 19.5 Å². The van der Waals surface area contributed by atoms with E-state index in [0.29, 0.717) is 16.4 Å². The lowest BCUT2D eigenvalue weighted by atomic mass is 10.2. The molecule has 0 bridgehead atoms. The molecule has 0 unspecified atom stereocenters. The second kappa shape index (κ2) is 4.69. The van der Waals surface area contributed by atoms with Crippen molar-refractivity contribution in [3.05, 3.63) is 27.6 Å². The molecule has 8 heteroatoms. The summed E-state index contributed by atoms with van der Waals surface area (Å²) in [6.45, 7) is 3.25. The average Bonchev–Trinajstić information content (AvgIpc) is 2.75. The van der Waals surface area contributed by atoms with E-state index in [1.165, 1.54) is 33.7 Å². The summed E-state index contributed by atoms with van der Waals surface area (Å²) in [6, 6.07) is 1.39. The van der Waals surface area contributed by atoms with Gasteiger partial charge in [-0.25, -0.2) is 4.98 Å². The lowest BCUT2D eigenvalue weighted by Crippen LogP contribution is -2.27. The molecule has 2 aromatic heterocycles. The maximum Gasteiger partial charge on any atom is 0.319 e. The SMILES string of the molecule is CC(C)(SCc1cc(=O)n2ncsc2n1)C(=O)O. The summed E-state index contributed by atoms with van der Waals surface area (Å²) in [5, 5.41) is 12.9. The summed E-state index contributed by atoms with van der Waals surface area (Å²) in [4.78, 5) is 27.4. The molecule has 0 radical (unpaired) electrons. The van der Waals surface area contributed by atoms with Crippen LogP contribution in [0.25, 0.3) is 4.96 Å². The molecule has 6 nitrogen and oxygen atoms in total. The maximum atomic E-state index is 11.7. The highest BCUT2D eigenvalue weighted by molar-refractivity contribution is 8.00. The molecule has 0 saturated heterocycles. The van der Waals surface area contributed by atoms with Crippen molar-refractivity contribution in [2.24, 2.45) is 0 Å². The van der Waals surface area contributed by atoms with Gasteiger partial charge in [0.15, 0.2) is 0 Å². The van der Waals surface area contributed by atoms with Crippen LogP contribution >= 0.6 is 23.1 Å². The van der Waals surface area contributed by atoms with Gasteiger partial charge in [0, 0.05) is 11.8 Å². The minimum atomic E-state index is -0.902. The Kier molecular flexibility index (Phi) is 3.40. The molecule has 2 heterocycles. The largest absolute Gasteiger partial charge is 0.480 e. The van der Waals surface area contributed by atoms with Crippen LogP contribution in [0.2, 0.25) is 0 Å². The zero-order chi connectivity index (χ0) is 13.3. The molecule has 0 atom stereocenters. The van der Waals surface area contributed by atoms with E-state index < -0.39 is 10.7 Å². The van der Waals surface area contributed by atoms with Crippen molar-refractivity contribution >= 4 is 34.0 Å². The molecule has 0 saturated carbocycles. The minimum Gasteiger partial charge on any atom is -0.480 e. The summed E-state index contributed by atoms with van der Waals surface area (Å²) in [7, 11) is 0. The van der Waals surface area contributed by atoms with Crippen LogP contribution < -0.4 is 5.56 Å². The number of nitrogens with zero attached hydrogens (tertiary/aromatic N) is 3. The highest BCUT2D eigenvalue weighted by atomic mass is 32.2. The van der Waals surface area contributed by atoms with Crippen LogP contribution in [0.3, 0.4) is 0 Å². The van der Waals surface area contributed by atoms with E-state index in [4.69, 9.17) is 5.11 Å². The molecule has 0 fully saturated rings. The minimum absolute atomic E-state index is 0.245. The molecule has 0 aliphatic heterocycles. The third-order valence-electron chi connectivity index (χ3n) is 2.34. The third kappa shape index (κ3) is 2.54. The predicted octanol–water partition coefficient (Wildman–Crippen LogP) is 1.25. The van der Waals surface area contributed by atoms with Crippen molar-refractivity contribution < 1.29 is 9.90 Å². The normalized spacial score (nSPS) is 11.9. The van der Waals surface area contributed by atoms with Gasteiger partial charge in [-0.15, -0.1) is 11.8 Å². The molecule has 2 rings (SSSR count). The molecule has 0 amide bonds. The highest BCUT2D eigenvalue weighted by Crippen LogP contribution is 2.27. The molecule has 1 N–H and O–H groups in total. The lowest BCUT2D eigenvalue weighted by Gasteiger charge is -2.17. The lowest BCUT2D eigenvalue weighted by molar-refractivity contribution is -0.138. The van der Waals surface area contributed by atoms with Crippen LogP contribution in [0.5, 0.6) is 0 Å². The van der Waals surface area contributed by atoms with E-state index in [-0.39, 0.29) is 5.56 Å². The quantitative estimate of drug-likeness (QED) is 0.910. The van der Waals surface area contributed by atoms with Crippen molar-refractivity contribution in [2.45, 2.75) is 24.3 Å². The third-order valence-corrected chi connectivity index (χ3v) is 4.35. The van der Waals surface area contributed by atoms with Crippen molar-refractivity contribution in [3.8, 4) is 0 Å². The molecule has 18 heavy (non-hydrogen) atoms. The Morgan fingerprint density at radius 2 is 2.33 bits per heavy atom. The van der Waals surface area contributed by atoms with Crippen molar-refractivity contribution in [1.29, 1.82) is 0 Å². The van der Waals surface area contributed by atoms with Gasteiger partial charge in [-0.05, 0) is 13.8 Å². The Morgan fingerprint density at radius 3 is 3.00 bits per heavy atom. The summed E-state index contributed by atoms with van der Waals surface area (Å²) >= 11 is 2.50. The molecule has 96 valence electrons. The van der Waals surface area contributed by atoms with Crippen LogP contribution in [0.4, 0.5) is 0 Å². The first kappa shape index (κ1) is 13.0. The standard InChI is InChI=1S/C10H11N3O3S2/c1-10(2,8(15)16)18-4-6-3-7(14)13-9(12-6)17-5-11-13/h3,5H,4H2,1-2H3,(H,15,16). The highest BCUT2D eigenvalue weighted by Gasteiger charge is 2.27. The zero-order valence-electron chi connectivity index (χ0n) is 9.78. The fraction of sp³-hybridized carbons (Fsp3) is 0.400. The van der Waals surface area contributed by atoms with E-state index in [2.05, 4.69) is 10.1 Å². The second-order valence-electron chi connectivity index (χ2n) is 4.12. The van der Waals surface area contributed by atoms with Gasteiger partial charge in [0.25, 0.3) is 5.56 Å². The molecular weight excluding hydrogens is 274 g/mol. The van der Waals surface area contributed by atoms with Gasteiger partial charge in [0.2, 0.25) is 4.96 Å². The number of carboxylic acids is 1. The summed E-state index contributed by atoms with van der Waals surface area (Å²) < 4.78 is 0.321. The smallest absolute Gasteiger partial charge is 0.319 e. The summed E-state index contributed by atoms with van der Waals surface area (Å²) in [6.07, 6.45) is 0. The number of carboxylic acid groups (broad SMARTS) is 1. The van der Waals surface area contributed by atoms with Crippen molar-refractivity contribution in [1.82, 2.24) is 14.6 Å². The number of aromatic nitrogens is 3.